The van der Waals surface area contributed by atoms with Crippen LogP contribution in [0.1, 0.15) is 5.56 Å². The van der Waals surface area contributed by atoms with Gasteiger partial charge >= 0.3 is 0 Å². The molecule has 0 saturated carbocycles. The number of Topliss-reactive ketones (excluding diaryl/α,β-unsaturated/α-hetero) is 1. The van der Waals surface area contributed by atoms with Gasteiger partial charge in [0, 0.05) is 6.42 Å². The highest BCUT2D eigenvalue weighted by Gasteiger charge is 2.07. The van der Waals surface area contributed by atoms with Gasteiger partial charge in [0.25, 0.3) is 0 Å². The third-order valence-electron chi connectivity index (χ3n) is 2.03. The molecule has 15 heavy (non-hydrogen) atoms. The van der Waals surface area contributed by atoms with Gasteiger partial charge in [-0.1, -0.05) is 6.07 Å². The molecule has 0 aliphatic rings. The Morgan fingerprint density at radius 2 is 1.93 bits per heavy atom. The van der Waals surface area contributed by atoms with E-state index in [0.29, 0.717) is 11.5 Å². The number of hydrogen-bond acceptors (Lipinski definition) is 4. The summed E-state index contributed by atoms with van der Waals surface area (Å²) in [5.41, 5.74) is 0.798. The summed E-state index contributed by atoms with van der Waals surface area (Å²) in [6.07, 6.45) is 0.205. The van der Waals surface area contributed by atoms with E-state index in [1.807, 2.05) is 0 Å². The predicted octanol–water partition coefficient (Wildman–Crippen LogP) is 0.808. The number of hydrogen-bond donors (Lipinski definition) is 1. The van der Waals surface area contributed by atoms with Gasteiger partial charge in [0.2, 0.25) is 0 Å². The van der Waals surface area contributed by atoms with E-state index in [4.69, 9.17) is 14.6 Å². The van der Waals surface area contributed by atoms with Crippen molar-refractivity contribution in [1.29, 1.82) is 0 Å². The lowest BCUT2D eigenvalue weighted by molar-refractivity contribution is -0.121. The Labute approximate surface area is 88.4 Å². The molecule has 0 bridgehead atoms. The lowest BCUT2D eigenvalue weighted by Crippen LogP contribution is -2.07. The second-order valence-corrected chi connectivity index (χ2v) is 3.06. The van der Waals surface area contributed by atoms with Crippen LogP contribution in [0, 0.1) is 0 Å². The van der Waals surface area contributed by atoms with Gasteiger partial charge in [0.15, 0.2) is 17.3 Å². The number of benzene rings is 1. The van der Waals surface area contributed by atoms with Gasteiger partial charge in [-0.15, -0.1) is 0 Å². The summed E-state index contributed by atoms with van der Waals surface area (Å²) in [5.74, 6) is 0.987. The molecular formula is C11H14O4. The number of carbonyl (C=O) groups is 1. The van der Waals surface area contributed by atoms with Crippen molar-refractivity contribution >= 4 is 5.78 Å². The van der Waals surface area contributed by atoms with E-state index in [9.17, 15) is 4.79 Å². The summed E-state index contributed by atoms with van der Waals surface area (Å²) < 4.78 is 10.2. The molecule has 1 N–H and O–H groups in total. The van der Waals surface area contributed by atoms with E-state index >= 15 is 0 Å². The quantitative estimate of drug-likeness (QED) is 0.781. The van der Waals surface area contributed by atoms with Crippen LogP contribution in [0.5, 0.6) is 11.5 Å². The minimum absolute atomic E-state index is 0.205. The minimum Gasteiger partial charge on any atom is -0.493 e. The Morgan fingerprint density at radius 3 is 2.47 bits per heavy atom. The van der Waals surface area contributed by atoms with Crippen LogP contribution in [0.3, 0.4) is 0 Å². The van der Waals surface area contributed by atoms with Crippen LogP contribution in [0.25, 0.3) is 0 Å². The highest BCUT2D eigenvalue weighted by atomic mass is 16.5. The highest BCUT2D eigenvalue weighted by Crippen LogP contribution is 2.27. The fourth-order valence-corrected chi connectivity index (χ4v) is 1.27. The fraction of sp³-hybridized carbons (Fsp3) is 0.364. The standard InChI is InChI=1S/C11H14O4/c1-14-10-4-3-8(5-9(13)7-12)6-11(10)15-2/h3-4,6,12H,5,7H2,1-2H3. The molecule has 1 aromatic rings. The van der Waals surface area contributed by atoms with E-state index in [1.165, 1.54) is 7.11 Å². The number of aliphatic hydroxyl groups is 1. The summed E-state index contributed by atoms with van der Waals surface area (Å²) in [5, 5.41) is 8.62. The topological polar surface area (TPSA) is 55.8 Å². The Hall–Kier alpha value is -1.55. The van der Waals surface area contributed by atoms with Crippen LogP contribution < -0.4 is 9.47 Å². The zero-order chi connectivity index (χ0) is 11.3. The zero-order valence-corrected chi connectivity index (χ0v) is 8.82. The first-order chi connectivity index (χ1) is 7.21. The van der Waals surface area contributed by atoms with Crippen LogP contribution in [-0.2, 0) is 11.2 Å². The summed E-state index contributed by atoms with van der Waals surface area (Å²) in [6, 6.07) is 5.24. The molecule has 0 unspecified atom stereocenters. The van der Waals surface area contributed by atoms with E-state index in [2.05, 4.69) is 0 Å². The van der Waals surface area contributed by atoms with Gasteiger partial charge in [-0.2, -0.15) is 0 Å². The molecule has 82 valence electrons. The van der Waals surface area contributed by atoms with Gasteiger partial charge in [-0.05, 0) is 17.7 Å². The molecule has 0 fully saturated rings. The van der Waals surface area contributed by atoms with Crippen molar-refractivity contribution in [3.8, 4) is 11.5 Å². The van der Waals surface area contributed by atoms with Crippen molar-refractivity contribution in [1.82, 2.24) is 0 Å². The van der Waals surface area contributed by atoms with Gasteiger partial charge in [0.05, 0.1) is 14.2 Å². The first-order valence-corrected chi connectivity index (χ1v) is 4.54. The molecule has 4 nitrogen and oxygen atoms in total. The lowest BCUT2D eigenvalue weighted by atomic mass is 10.1. The maximum atomic E-state index is 11.0. The molecule has 0 aliphatic heterocycles. The first kappa shape index (κ1) is 11.5. The molecule has 0 aromatic heterocycles. The normalized spacial score (nSPS) is 9.80. The van der Waals surface area contributed by atoms with Gasteiger partial charge in [-0.3, -0.25) is 4.79 Å². The summed E-state index contributed by atoms with van der Waals surface area (Å²) >= 11 is 0. The van der Waals surface area contributed by atoms with E-state index in [1.54, 1.807) is 25.3 Å². The highest BCUT2D eigenvalue weighted by molar-refractivity contribution is 5.81. The number of rotatable bonds is 5. The Balaban J connectivity index is 2.88. The van der Waals surface area contributed by atoms with Crippen LogP contribution in [0.15, 0.2) is 18.2 Å². The van der Waals surface area contributed by atoms with Crippen LogP contribution in [0.2, 0.25) is 0 Å². The second-order valence-electron chi connectivity index (χ2n) is 3.06. The van der Waals surface area contributed by atoms with Crippen LogP contribution in [-0.4, -0.2) is 31.7 Å². The number of ether oxygens (including phenoxy) is 2. The van der Waals surface area contributed by atoms with E-state index in [-0.39, 0.29) is 12.2 Å². The molecular weight excluding hydrogens is 196 g/mol. The van der Waals surface area contributed by atoms with Gasteiger partial charge in [0.1, 0.15) is 6.61 Å². The predicted molar refractivity (Wildman–Crippen MR) is 55.3 cm³/mol. The second kappa shape index (κ2) is 5.36. The maximum Gasteiger partial charge on any atom is 0.162 e. The van der Waals surface area contributed by atoms with Crippen molar-refractivity contribution in [3.05, 3.63) is 23.8 Å². The average molecular weight is 210 g/mol. The molecule has 0 atom stereocenters. The molecule has 0 heterocycles. The number of ketones is 1. The summed E-state index contributed by atoms with van der Waals surface area (Å²) in [7, 11) is 3.09. The van der Waals surface area contributed by atoms with E-state index < -0.39 is 6.61 Å². The molecule has 0 aliphatic carbocycles. The fourth-order valence-electron chi connectivity index (χ4n) is 1.27. The third-order valence-corrected chi connectivity index (χ3v) is 2.03. The number of aliphatic hydroxyl groups excluding tert-OH is 1. The van der Waals surface area contributed by atoms with Gasteiger partial charge < -0.3 is 14.6 Å². The molecule has 1 aromatic carbocycles. The Morgan fingerprint density at radius 1 is 1.27 bits per heavy atom. The van der Waals surface area contributed by atoms with Crippen molar-refractivity contribution in [2.45, 2.75) is 6.42 Å². The SMILES string of the molecule is COc1ccc(CC(=O)CO)cc1OC. The van der Waals surface area contributed by atoms with Crippen molar-refractivity contribution in [3.63, 3.8) is 0 Å². The Kier molecular flexibility index (Phi) is 4.12. The zero-order valence-electron chi connectivity index (χ0n) is 8.82. The first-order valence-electron chi connectivity index (χ1n) is 4.54. The van der Waals surface area contributed by atoms with Crippen molar-refractivity contribution in [2.24, 2.45) is 0 Å². The number of methoxy groups -OCH3 is 2. The molecule has 4 heteroatoms. The molecule has 0 saturated heterocycles. The number of carbonyl (C=O) groups excluding carboxylic acids is 1. The van der Waals surface area contributed by atoms with E-state index in [0.717, 1.165) is 5.56 Å². The van der Waals surface area contributed by atoms with Crippen LogP contribution >= 0.6 is 0 Å². The monoisotopic (exact) mass is 210 g/mol. The molecule has 1 rings (SSSR count). The molecule has 0 spiro atoms. The summed E-state index contributed by atoms with van der Waals surface area (Å²) in [6.45, 7) is -0.436. The maximum absolute atomic E-state index is 11.0. The van der Waals surface area contributed by atoms with Crippen molar-refractivity contribution < 1.29 is 19.4 Å². The molecule has 0 amide bonds. The summed E-state index contributed by atoms with van der Waals surface area (Å²) in [4.78, 5) is 11.0. The third kappa shape index (κ3) is 2.95. The molecule has 0 radical (unpaired) electrons. The van der Waals surface area contributed by atoms with Gasteiger partial charge in [-0.25, -0.2) is 0 Å². The van der Waals surface area contributed by atoms with Crippen molar-refractivity contribution in [2.75, 3.05) is 20.8 Å². The Bertz CT molecular complexity index is 346. The lowest BCUT2D eigenvalue weighted by Gasteiger charge is -2.08. The largest absolute Gasteiger partial charge is 0.493 e. The average Bonchev–Trinajstić information content (AvgIpc) is 2.28. The van der Waals surface area contributed by atoms with Crippen LogP contribution in [0.4, 0.5) is 0 Å². The minimum atomic E-state index is -0.436. The smallest absolute Gasteiger partial charge is 0.162 e.